The molecular formula is C20H16F3N3O2S. The number of fused-ring (bicyclic) bond motifs is 1. The maximum atomic E-state index is 13.2. The van der Waals surface area contributed by atoms with E-state index in [2.05, 4.69) is 4.98 Å². The Labute approximate surface area is 167 Å². The Morgan fingerprint density at radius 1 is 1.00 bits per heavy atom. The highest BCUT2D eigenvalue weighted by Crippen LogP contribution is 2.30. The van der Waals surface area contributed by atoms with Crippen molar-refractivity contribution in [3.05, 3.63) is 71.3 Å². The third kappa shape index (κ3) is 4.24. The van der Waals surface area contributed by atoms with Crippen LogP contribution in [0.5, 0.6) is 0 Å². The van der Waals surface area contributed by atoms with Crippen LogP contribution in [0.1, 0.15) is 0 Å². The SMILES string of the molecule is O=c1oc2ccccc2n1CCSc1ncc(-c2ccccc2)n1CC(F)(F)F. The molecule has 0 aliphatic rings. The molecule has 0 aliphatic heterocycles. The molecule has 150 valence electrons. The van der Waals surface area contributed by atoms with Crippen molar-refractivity contribution < 1.29 is 17.6 Å². The zero-order valence-corrected chi connectivity index (χ0v) is 15.9. The lowest BCUT2D eigenvalue weighted by Crippen LogP contribution is -2.19. The van der Waals surface area contributed by atoms with Crippen LogP contribution in [0, 0.1) is 0 Å². The summed E-state index contributed by atoms with van der Waals surface area (Å²) in [7, 11) is 0. The second kappa shape index (κ2) is 7.82. The molecule has 0 atom stereocenters. The van der Waals surface area contributed by atoms with Crippen LogP contribution < -0.4 is 5.76 Å². The Morgan fingerprint density at radius 3 is 2.48 bits per heavy atom. The average molecular weight is 419 g/mol. The van der Waals surface area contributed by atoms with Gasteiger partial charge in [0.15, 0.2) is 10.7 Å². The third-order valence-electron chi connectivity index (χ3n) is 4.35. The highest BCUT2D eigenvalue weighted by atomic mass is 32.2. The molecule has 0 fully saturated rings. The summed E-state index contributed by atoms with van der Waals surface area (Å²) in [6.45, 7) is -0.839. The molecule has 2 aromatic heterocycles. The van der Waals surface area contributed by atoms with Crippen LogP contribution in [0.25, 0.3) is 22.4 Å². The maximum Gasteiger partial charge on any atom is 0.419 e. The molecule has 2 aromatic carbocycles. The van der Waals surface area contributed by atoms with E-state index in [0.29, 0.717) is 34.7 Å². The predicted octanol–water partition coefficient (Wildman–Crippen LogP) is 4.81. The van der Waals surface area contributed by atoms with E-state index < -0.39 is 18.5 Å². The van der Waals surface area contributed by atoms with Gasteiger partial charge in [0.25, 0.3) is 0 Å². The summed E-state index contributed by atoms with van der Waals surface area (Å²) >= 11 is 1.17. The van der Waals surface area contributed by atoms with E-state index in [1.807, 2.05) is 0 Å². The highest BCUT2D eigenvalue weighted by Gasteiger charge is 2.30. The summed E-state index contributed by atoms with van der Waals surface area (Å²) in [6.07, 6.45) is -2.93. The standard InChI is InChI=1S/C20H16F3N3O2S/c21-20(22,23)13-26-16(14-6-2-1-3-7-14)12-24-18(26)29-11-10-25-15-8-4-5-9-17(15)28-19(25)27/h1-9,12H,10-11,13H2. The molecule has 4 rings (SSSR count). The fourth-order valence-corrected chi connectivity index (χ4v) is 4.00. The van der Waals surface area contributed by atoms with Crippen molar-refractivity contribution in [1.82, 2.24) is 14.1 Å². The van der Waals surface area contributed by atoms with Crippen LogP contribution in [-0.2, 0) is 13.1 Å². The van der Waals surface area contributed by atoms with E-state index in [-0.39, 0.29) is 5.16 Å². The van der Waals surface area contributed by atoms with Gasteiger partial charge in [0.2, 0.25) is 0 Å². The molecule has 0 aliphatic carbocycles. The fraction of sp³-hybridized carbons (Fsp3) is 0.200. The van der Waals surface area contributed by atoms with Crippen LogP contribution in [0.2, 0.25) is 0 Å². The first-order valence-electron chi connectivity index (χ1n) is 8.81. The quantitative estimate of drug-likeness (QED) is 0.421. The zero-order valence-electron chi connectivity index (χ0n) is 15.1. The van der Waals surface area contributed by atoms with Crippen molar-refractivity contribution in [2.24, 2.45) is 0 Å². The van der Waals surface area contributed by atoms with Crippen molar-refractivity contribution in [3.63, 3.8) is 0 Å². The number of hydrogen-bond donors (Lipinski definition) is 0. The predicted molar refractivity (Wildman–Crippen MR) is 105 cm³/mol. The molecule has 5 nitrogen and oxygen atoms in total. The van der Waals surface area contributed by atoms with Gasteiger partial charge in [-0.15, -0.1) is 0 Å². The average Bonchev–Trinajstić information content (AvgIpc) is 3.22. The van der Waals surface area contributed by atoms with Gasteiger partial charge in [-0.25, -0.2) is 9.78 Å². The second-order valence-corrected chi connectivity index (χ2v) is 7.39. The number of hydrogen-bond acceptors (Lipinski definition) is 4. The topological polar surface area (TPSA) is 53.0 Å². The summed E-state index contributed by atoms with van der Waals surface area (Å²) < 4.78 is 47.3. The molecule has 29 heavy (non-hydrogen) atoms. The molecule has 9 heteroatoms. The molecule has 0 N–H and O–H groups in total. The summed E-state index contributed by atoms with van der Waals surface area (Å²) in [5.74, 6) is -0.123. The molecule has 0 saturated heterocycles. The molecular weight excluding hydrogens is 403 g/mol. The number of nitrogens with zero attached hydrogens (tertiary/aromatic N) is 3. The number of aromatic nitrogens is 3. The smallest absolute Gasteiger partial charge is 0.408 e. The van der Waals surface area contributed by atoms with Gasteiger partial charge in [-0.3, -0.25) is 4.57 Å². The molecule has 0 saturated carbocycles. The van der Waals surface area contributed by atoms with Gasteiger partial charge in [-0.05, 0) is 17.7 Å². The van der Waals surface area contributed by atoms with Gasteiger partial charge in [-0.1, -0.05) is 54.2 Å². The Morgan fingerprint density at radius 2 is 1.72 bits per heavy atom. The van der Waals surface area contributed by atoms with E-state index in [1.54, 1.807) is 54.6 Å². The van der Waals surface area contributed by atoms with E-state index in [9.17, 15) is 18.0 Å². The van der Waals surface area contributed by atoms with Gasteiger partial charge in [-0.2, -0.15) is 13.2 Å². The lowest BCUT2D eigenvalue weighted by atomic mass is 10.2. The number of thioether (sulfide) groups is 1. The van der Waals surface area contributed by atoms with Gasteiger partial charge in [0.1, 0.15) is 6.54 Å². The number of imidazole rings is 1. The number of alkyl halides is 3. The monoisotopic (exact) mass is 419 g/mol. The van der Waals surface area contributed by atoms with Crippen LogP contribution in [0.3, 0.4) is 0 Å². The Bertz CT molecular complexity index is 1180. The van der Waals surface area contributed by atoms with E-state index in [0.717, 1.165) is 4.57 Å². The number of oxazole rings is 1. The van der Waals surface area contributed by atoms with Gasteiger partial charge in [0, 0.05) is 12.3 Å². The Kier molecular flexibility index (Phi) is 5.23. The second-order valence-electron chi connectivity index (χ2n) is 6.33. The van der Waals surface area contributed by atoms with Crippen molar-refractivity contribution in [2.45, 2.75) is 24.4 Å². The van der Waals surface area contributed by atoms with E-state index >= 15 is 0 Å². The molecule has 4 aromatic rings. The number of rotatable bonds is 6. The third-order valence-corrected chi connectivity index (χ3v) is 5.32. The minimum Gasteiger partial charge on any atom is -0.408 e. The molecule has 0 bridgehead atoms. The lowest BCUT2D eigenvalue weighted by Gasteiger charge is -2.14. The summed E-state index contributed by atoms with van der Waals surface area (Å²) in [4.78, 5) is 16.2. The van der Waals surface area contributed by atoms with Crippen LogP contribution in [0.15, 0.2) is 75.2 Å². The first-order valence-corrected chi connectivity index (χ1v) is 9.80. The first-order chi connectivity index (χ1) is 13.9. The number of benzene rings is 2. The molecule has 2 heterocycles. The van der Waals surface area contributed by atoms with Crippen molar-refractivity contribution >= 4 is 22.9 Å². The molecule has 0 amide bonds. The van der Waals surface area contributed by atoms with Crippen molar-refractivity contribution in [2.75, 3.05) is 5.75 Å². The minimum atomic E-state index is -4.38. The van der Waals surface area contributed by atoms with Crippen LogP contribution in [0.4, 0.5) is 13.2 Å². The lowest BCUT2D eigenvalue weighted by molar-refractivity contribution is -0.141. The first kappa shape index (κ1) is 19.4. The number of halogens is 3. The summed E-state index contributed by atoms with van der Waals surface area (Å²) in [5.41, 5.74) is 2.19. The number of para-hydroxylation sites is 2. The fourth-order valence-electron chi connectivity index (χ4n) is 3.10. The largest absolute Gasteiger partial charge is 0.419 e. The summed E-state index contributed by atoms with van der Waals surface area (Å²) in [6, 6.07) is 15.9. The van der Waals surface area contributed by atoms with E-state index in [1.165, 1.54) is 22.5 Å². The maximum absolute atomic E-state index is 13.2. The van der Waals surface area contributed by atoms with Crippen LogP contribution in [-0.4, -0.2) is 26.0 Å². The number of aryl methyl sites for hydroxylation is 1. The van der Waals surface area contributed by atoms with E-state index in [4.69, 9.17) is 4.42 Å². The van der Waals surface area contributed by atoms with Gasteiger partial charge in [0.05, 0.1) is 17.4 Å². The molecule has 0 radical (unpaired) electrons. The van der Waals surface area contributed by atoms with Gasteiger partial charge < -0.3 is 8.98 Å². The Hall–Kier alpha value is -2.94. The normalized spacial score (nSPS) is 12.0. The van der Waals surface area contributed by atoms with Gasteiger partial charge >= 0.3 is 11.9 Å². The Balaban J connectivity index is 1.57. The highest BCUT2D eigenvalue weighted by molar-refractivity contribution is 7.99. The summed E-state index contributed by atoms with van der Waals surface area (Å²) in [5, 5.41) is 0.252. The zero-order chi connectivity index (χ0) is 20.4. The van der Waals surface area contributed by atoms with Crippen molar-refractivity contribution in [1.29, 1.82) is 0 Å². The molecule has 0 spiro atoms. The minimum absolute atomic E-state index is 0.252. The van der Waals surface area contributed by atoms with Crippen LogP contribution >= 0.6 is 11.8 Å². The molecule has 0 unspecified atom stereocenters. The van der Waals surface area contributed by atoms with Crippen molar-refractivity contribution in [3.8, 4) is 11.3 Å².